The summed E-state index contributed by atoms with van der Waals surface area (Å²) in [5.41, 5.74) is 1.86. The third-order valence-corrected chi connectivity index (χ3v) is 5.92. The van der Waals surface area contributed by atoms with Crippen LogP contribution in [-0.2, 0) is 30.7 Å². The number of amides is 2. The number of hydrogen-bond donors (Lipinski definition) is 2. The predicted octanol–water partition coefficient (Wildman–Crippen LogP) is 2.94. The highest BCUT2D eigenvalue weighted by molar-refractivity contribution is 7.12. The Morgan fingerprint density at radius 2 is 2.00 bits per heavy atom. The highest BCUT2D eigenvalue weighted by Gasteiger charge is 2.23. The quantitative estimate of drug-likeness (QED) is 0.631. The number of carbonyl (C=O) groups is 2. The van der Waals surface area contributed by atoms with Crippen LogP contribution < -0.4 is 10.6 Å². The molecule has 3 aromatic rings. The molecule has 3 heterocycles. The van der Waals surface area contributed by atoms with Gasteiger partial charge in [-0.2, -0.15) is 0 Å². The molecule has 1 aliphatic rings. The van der Waals surface area contributed by atoms with Crippen molar-refractivity contribution >= 4 is 23.2 Å². The maximum absolute atomic E-state index is 12.9. The predicted molar refractivity (Wildman–Crippen MR) is 113 cm³/mol. The SMILES string of the molecule is O=C(NC(Cc1ccccc1)C(=O)NCc1cn2c(n1)CCCC2)c1cccs1. The molecule has 0 saturated carbocycles. The number of rotatable bonds is 7. The van der Waals surface area contributed by atoms with Crippen LogP contribution in [0.25, 0.3) is 0 Å². The monoisotopic (exact) mass is 408 g/mol. The number of carbonyl (C=O) groups excluding carboxylic acids is 2. The lowest BCUT2D eigenvalue weighted by atomic mass is 10.1. The maximum atomic E-state index is 12.9. The average Bonchev–Trinajstić information content (AvgIpc) is 3.42. The zero-order valence-electron chi connectivity index (χ0n) is 16.1. The third-order valence-electron chi connectivity index (χ3n) is 5.05. The summed E-state index contributed by atoms with van der Waals surface area (Å²) >= 11 is 1.36. The van der Waals surface area contributed by atoms with Gasteiger partial charge in [0.05, 0.1) is 17.1 Å². The number of aromatic nitrogens is 2. The summed E-state index contributed by atoms with van der Waals surface area (Å²) in [6, 6.07) is 12.6. The smallest absolute Gasteiger partial charge is 0.262 e. The molecule has 1 atom stereocenters. The molecule has 150 valence electrons. The maximum Gasteiger partial charge on any atom is 0.262 e. The van der Waals surface area contributed by atoms with Gasteiger partial charge in [-0.05, 0) is 29.9 Å². The molecule has 0 fully saturated rings. The van der Waals surface area contributed by atoms with Gasteiger partial charge in [-0.3, -0.25) is 9.59 Å². The first-order valence-electron chi connectivity index (χ1n) is 9.90. The number of fused-ring (bicyclic) bond motifs is 1. The van der Waals surface area contributed by atoms with Crippen molar-refractivity contribution in [2.24, 2.45) is 0 Å². The van der Waals surface area contributed by atoms with Gasteiger partial charge in [-0.15, -0.1) is 11.3 Å². The van der Waals surface area contributed by atoms with E-state index in [-0.39, 0.29) is 11.8 Å². The van der Waals surface area contributed by atoms with Gasteiger partial charge >= 0.3 is 0 Å². The summed E-state index contributed by atoms with van der Waals surface area (Å²) < 4.78 is 2.17. The van der Waals surface area contributed by atoms with Crippen molar-refractivity contribution in [3.63, 3.8) is 0 Å². The zero-order chi connectivity index (χ0) is 20.1. The van der Waals surface area contributed by atoms with Crippen LogP contribution in [0.3, 0.4) is 0 Å². The van der Waals surface area contributed by atoms with Crippen molar-refractivity contribution < 1.29 is 9.59 Å². The first-order valence-corrected chi connectivity index (χ1v) is 10.8. The number of nitrogens with zero attached hydrogens (tertiary/aromatic N) is 2. The van der Waals surface area contributed by atoms with Crippen LogP contribution in [0.1, 0.15) is 39.6 Å². The van der Waals surface area contributed by atoms with Gasteiger partial charge in [-0.1, -0.05) is 36.4 Å². The van der Waals surface area contributed by atoms with Crippen LogP contribution in [0.2, 0.25) is 0 Å². The molecule has 7 heteroatoms. The molecule has 0 spiro atoms. The van der Waals surface area contributed by atoms with Crippen LogP contribution in [-0.4, -0.2) is 27.4 Å². The minimum absolute atomic E-state index is 0.204. The molecular weight excluding hydrogens is 384 g/mol. The molecule has 1 aliphatic heterocycles. The Bertz CT molecular complexity index is 943. The van der Waals surface area contributed by atoms with Gasteiger partial charge in [0.25, 0.3) is 5.91 Å². The second-order valence-electron chi connectivity index (χ2n) is 7.21. The minimum atomic E-state index is -0.649. The summed E-state index contributed by atoms with van der Waals surface area (Å²) in [7, 11) is 0. The number of benzene rings is 1. The van der Waals surface area contributed by atoms with Gasteiger partial charge in [0.2, 0.25) is 5.91 Å². The Morgan fingerprint density at radius 3 is 2.76 bits per heavy atom. The van der Waals surface area contributed by atoms with Crippen molar-refractivity contribution in [1.82, 2.24) is 20.2 Å². The lowest BCUT2D eigenvalue weighted by Gasteiger charge is -2.18. The van der Waals surface area contributed by atoms with Crippen molar-refractivity contribution in [1.29, 1.82) is 0 Å². The van der Waals surface area contributed by atoms with E-state index in [0.717, 1.165) is 36.5 Å². The average molecular weight is 409 g/mol. The summed E-state index contributed by atoms with van der Waals surface area (Å²) in [6.07, 6.45) is 5.77. The molecule has 0 bridgehead atoms. The zero-order valence-corrected chi connectivity index (χ0v) is 17.0. The number of hydrogen-bond acceptors (Lipinski definition) is 4. The molecule has 29 heavy (non-hydrogen) atoms. The topological polar surface area (TPSA) is 76.0 Å². The van der Waals surface area contributed by atoms with E-state index in [1.165, 1.54) is 17.8 Å². The van der Waals surface area contributed by atoms with E-state index in [1.807, 2.05) is 48.0 Å². The summed E-state index contributed by atoms with van der Waals surface area (Å²) in [5, 5.41) is 7.69. The molecule has 1 aromatic carbocycles. The standard InChI is InChI=1S/C22H24N4O2S/c27-21(23-14-17-15-26-11-5-4-10-20(26)24-17)18(13-16-7-2-1-3-8-16)25-22(28)19-9-6-12-29-19/h1-3,6-9,12,15,18H,4-5,10-11,13-14H2,(H,23,27)(H,25,28). The fraction of sp³-hybridized carbons (Fsp3) is 0.318. The number of thiophene rings is 1. The number of aryl methyl sites for hydroxylation is 2. The molecular formula is C22H24N4O2S. The largest absolute Gasteiger partial charge is 0.349 e. The highest BCUT2D eigenvalue weighted by atomic mass is 32.1. The number of nitrogens with one attached hydrogen (secondary N) is 2. The van der Waals surface area contributed by atoms with E-state index in [9.17, 15) is 9.59 Å². The summed E-state index contributed by atoms with van der Waals surface area (Å²) in [6.45, 7) is 1.35. The Labute approximate surface area is 174 Å². The van der Waals surface area contributed by atoms with E-state index in [4.69, 9.17) is 0 Å². The number of imidazole rings is 1. The molecule has 2 aromatic heterocycles. The Hall–Kier alpha value is -2.93. The summed E-state index contributed by atoms with van der Waals surface area (Å²) in [5.74, 6) is 0.658. The van der Waals surface area contributed by atoms with Crippen molar-refractivity contribution in [3.8, 4) is 0 Å². The molecule has 6 nitrogen and oxygen atoms in total. The minimum Gasteiger partial charge on any atom is -0.349 e. The van der Waals surface area contributed by atoms with Crippen LogP contribution >= 0.6 is 11.3 Å². The van der Waals surface area contributed by atoms with E-state index >= 15 is 0 Å². The second kappa shape index (κ2) is 9.05. The van der Waals surface area contributed by atoms with Gasteiger partial charge in [-0.25, -0.2) is 4.98 Å². The van der Waals surface area contributed by atoms with Gasteiger partial charge in [0.15, 0.2) is 0 Å². The third kappa shape index (κ3) is 4.92. The van der Waals surface area contributed by atoms with Crippen LogP contribution in [0.5, 0.6) is 0 Å². The Morgan fingerprint density at radius 1 is 1.14 bits per heavy atom. The molecule has 1 unspecified atom stereocenters. The van der Waals surface area contributed by atoms with Gasteiger partial charge in [0, 0.05) is 25.6 Å². The van der Waals surface area contributed by atoms with Crippen molar-refractivity contribution in [2.45, 2.75) is 44.8 Å². The fourth-order valence-electron chi connectivity index (χ4n) is 3.55. The second-order valence-corrected chi connectivity index (χ2v) is 8.16. The Kier molecular flexibility index (Phi) is 6.05. The first kappa shape index (κ1) is 19.4. The van der Waals surface area contributed by atoms with E-state index in [0.29, 0.717) is 17.8 Å². The lowest BCUT2D eigenvalue weighted by molar-refractivity contribution is -0.123. The molecule has 0 radical (unpaired) electrons. The molecule has 2 amide bonds. The highest BCUT2D eigenvalue weighted by Crippen LogP contribution is 2.15. The van der Waals surface area contributed by atoms with Crippen molar-refractivity contribution in [2.75, 3.05) is 0 Å². The van der Waals surface area contributed by atoms with E-state index in [1.54, 1.807) is 6.07 Å². The molecule has 2 N–H and O–H groups in total. The van der Waals surface area contributed by atoms with Crippen LogP contribution in [0.15, 0.2) is 54.0 Å². The van der Waals surface area contributed by atoms with E-state index < -0.39 is 6.04 Å². The van der Waals surface area contributed by atoms with Crippen molar-refractivity contribution in [3.05, 3.63) is 76.0 Å². The molecule has 0 saturated heterocycles. The summed E-state index contributed by atoms with van der Waals surface area (Å²) in [4.78, 5) is 30.7. The Balaban J connectivity index is 1.43. The van der Waals surface area contributed by atoms with E-state index in [2.05, 4.69) is 20.2 Å². The van der Waals surface area contributed by atoms with Crippen LogP contribution in [0.4, 0.5) is 0 Å². The van der Waals surface area contributed by atoms with Crippen LogP contribution in [0, 0.1) is 0 Å². The normalized spacial score (nSPS) is 14.1. The van der Waals surface area contributed by atoms with Gasteiger partial charge in [0.1, 0.15) is 11.9 Å². The fourth-order valence-corrected chi connectivity index (χ4v) is 4.18. The van der Waals surface area contributed by atoms with Gasteiger partial charge < -0.3 is 15.2 Å². The first-order chi connectivity index (χ1) is 14.2. The molecule has 4 rings (SSSR count). The molecule has 0 aliphatic carbocycles. The lowest BCUT2D eigenvalue weighted by Crippen LogP contribution is -2.47.